The Bertz CT molecular complexity index is 589. The molecule has 2 aromatic rings. The number of aromatic nitrogens is 3. The minimum atomic E-state index is -0.172. The summed E-state index contributed by atoms with van der Waals surface area (Å²) in [5, 5.41) is 4.43. The first-order chi connectivity index (χ1) is 7.88. The second kappa shape index (κ2) is 3.76. The standard InChI is InChI=1S/C12H16N4O/c1-12(2,3)9-7-10(13)16(15-9)8-4-5-14-11(17)6-8/h4-7H,13H2,1-3H3,(H,14,17). The molecular weight excluding hydrogens is 216 g/mol. The van der Waals surface area contributed by atoms with Crippen molar-refractivity contribution in [1.29, 1.82) is 0 Å². The van der Waals surface area contributed by atoms with Crippen LogP contribution < -0.4 is 11.3 Å². The van der Waals surface area contributed by atoms with E-state index in [1.165, 1.54) is 6.07 Å². The Kier molecular flexibility index (Phi) is 2.53. The number of rotatable bonds is 1. The van der Waals surface area contributed by atoms with Gasteiger partial charge in [-0.1, -0.05) is 20.8 Å². The number of hydrogen-bond acceptors (Lipinski definition) is 3. The summed E-state index contributed by atoms with van der Waals surface area (Å²) in [4.78, 5) is 13.8. The van der Waals surface area contributed by atoms with Gasteiger partial charge in [-0.2, -0.15) is 5.10 Å². The summed E-state index contributed by atoms with van der Waals surface area (Å²) in [6, 6.07) is 5.06. The van der Waals surface area contributed by atoms with Crippen LogP contribution in [0.3, 0.4) is 0 Å². The molecule has 0 aromatic carbocycles. The first-order valence-corrected chi connectivity index (χ1v) is 5.43. The average molecular weight is 232 g/mol. The van der Waals surface area contributed by atoms with E-state index in [1.54, 1.807) is 16.9 Å². The fourth-order valence-electron chi connectivity index (χ4n) is 1.53. The fourth-order valence-corrected chi connectivity index (χ4v) is 1.53. The van der Waals surface area contributed by atoms with Crippen LogP contribution in [0.4, 0.5) is 5.82 Å². The van der Waals surface area contributed by atoms with Crippen LogP contribution in [-0.4, -0.2) is 14.8 Å². The Morgan fingerprint density at radius 1 is 1.35 bits per heavy atom. The molecule has 0 radical (unpaired) electrons. The van der Waals surface area contributed by atoms with Gasteiger partial charge in [0, 0.05) is 23.7 Å². The third-order valence-corrected chi connectivity index (χ3v) is 2.51. The largest absolute Gasteiger partial charge is 0.384 e. The maximum Gasteiger partial charge on any atom is 0.250 e. The van der Waals surface area contributed by atoms with E-state index in [9.17, 15) is 4.79 Å². The topological polar surface area (TPSA) is 76.7 Å². The van der Waals surface area contributed by atoms with Crippen molar-refractivity contribution >= 4 is 5.82 Å². The Balaban J connectivity index is 2.54. The summed E-state index contributed by atoms with van der Waals surface area (Å²) in [6.07, 6.45) is 1.58. The number of aromatic amines is 1. The van der Waals surface area contributed by atoms with Crippen molar-refractivity contribution in [2.45, 2.75) is 26.2 Å². The molecule has 3 N–H and O–H groups in total. The lowest BCUT2D eigenvalue weighted by atomic mass is 9.92. The second-order valence-electron chi connectivity index (χ2n) is 5.03. The smallest absolute Gasteiger partial charge is 0.250 e. The molecule has 0 aliphatic heterocycles. The van der Waals surface area contributed by atoms with Crippen LogP contribution in [0, 0.1) is 0 Å². The van der Waals surface area contributed by atoms with Crippen molar-refractivity contribution in [1.82, 2.24) is 14.8 Å². The highest BCUT2D eigenvalue weighted by Crippen LogP contribution is 2.24. The fraction of sp³-hybridized carbons (Fsp3) is 0.333. The van der Waals surface area contributed by atoms with E-state index in [2.05, 4.69) is 30.9 Å². The molecule has 0 aliphatic carbocycles. The van der Waals surface area contributed by atoms with E-state index < -0.39 is 0 Å². The third kappa shape index (κ3) is 2.22. The van der Waals surface area contributed by atoms with Gasteiger partial charge < -0.3 is 10.7 Å². The molecule has 0 saturated heterocycles. The van der Waals surface area contributed by atoms with Crippen LogP contribution in [0.15, 0.2) is 29.2 Å². The van der Waals surface area contributed by atoms with Crippen LogP contribution in [0.1, 0.15) is 26.5 Å². The van der Waals surface area contributed by atoms with Gasteiger partial charge in [0.25, 0.3) is 0 Å². The zero-order valence-electron chi connectivity index (χ0n) is 10.2. The summed E-state index contributed by atoms with van der Waals surface area (Å²) >= 11 is 0. The van der Waals surface area contributed by atoms with E-state index in [4.69, 9.17) is 5.73 Å². The summed E-state index contributed by atoms with van der Waals surface area (Å²) < 4.78 is 1.58. The number of nitrogens with zero attached hydrogens (tertiary/aromatic N) is 2. The van der Waals surface area contributed by atoms with Crippen LogP contribution in [-0.2, 0) is 5.41 Å². The number of nitrogens with one attached hydrogen (secondary N) is 1. The van der Waals surface area contributed by atoms with Crippen molar-refractivity contribution < 1.29 is 0 Å². The summed E-state index contributed by atoms with van der Waals surface area (Å²) in [5.41, 5.74) is 7.23. The summed E-state index contributed by atoms with van der Waals surface area (Å²) in [7, 11) is 0. The van der Waals surface area contributed by atoms with E-state index >= 15 is 0 Å². The molecule has 0 saturated carbocycles. The molecule has 5 nitrogen and oxygen atoms in total. The first kappa shape index (κ1) is 11.4. The first-order valence-electron chi connectivity index (χ1n) is 5.43. The minimum Gasteiger partial charge on any atom is -0.384 e. The maximum absolute atomic E-state index is 11.2. The third-order valence-electron chi connectivity index (χ3n) is 2.51. The van der Waals surface area contributed by atoms with Crippen molar-refractivity contribution in [3.8, 4) is 5.69 Å². The molecule has 2 rings (SSSR count). The lowest BCUT2D eigenvalue weighted by Crippen LogP contribution is -2.13. The molecule has 2 heterocycles. The number of nitrogens with two attached hydrogens (primary N) is 1. The van der Waals surface area contributed by atoms with Gasteiger partial charge in [-0.05, 0) is 6.07 Å². The number of anilines is 1. The van der Waals surface area contributed by atoms with Crippen molar-refractivity contribution in [3.63, 3.8) is 0 Å². The molecule has 2 aromatic heterocycles. The minimum absolute atomic E-state index is 0.0689. The Labute approximate surface area is 99.3 Å². The molecule has 0 amide bonds. The monoisotopic (exact) mass is 232 g/mol. The zero-order valence-corrected chi connectivity index (χ0v) is 10.2. The second-order valence-corrected chi connectivity index (χ2v) is 5.03. The molecule has 90 valence electrons. The quantitative estimate of drug-likeness (QED) is 0.781. The number of H-pyrrole nitrogens is 1. The lowest BCUT2D eigenvalue weighted by Gasteiger charge is -2.14. The number of hydrogen-bond donors (Lipinski definition) is 2. The van der Waals surface area contributed by atoms with Crippen LogP contribution >= 0.6 is 0 Å². The number of nitrogen functional groups attached to an aromatic ring is 1. The Morgan fingerprint density at radius 2 is 2.06 bits per heavy atom. The molecule has 0 unspecified atom stereocenters. The summed E-state index contributed by atoms with van der Waals surface area (Å²) in [5.74, 6) is 0.528. The van der Waals surface area contributed by atoms with Gasteiger partial charge >= 0.3 is 0 Å². The van der Waals surface area contributed by atoms with Crippen molar-refractivity contribution in [2.24, 2.45) is 0 Å². The molecule has 0 bridgehead atoms. The molecule has 0 atom stereocenters. The van der Waals surface area contributed by atoms with E-state index in [1.807, 2.05) is 6.07 Å². The molecule has 0 fully saturated rings. The van der Waals surface area contributed by atoms with Gasteiger partial charge in [-0.15, -0.1) is 0 Å². The highest BCUT2D eigenvalue weighted by atomic mass is 16.1. The zero-order chi connectivity index (χ0) is 12.6. The average Bonchev–Trinajstić information content (AvgIpc) is 2.60. The Hall–Kier alpha value is -2.04. The van der Waals surface area contributed by atoms with E-state index in [0.29, 0.717) is 11.5 Å². The molecule has 5 heteroatoms. The van der Waals surface area contributed by atoms with Gasteiger partial charge in [0.15, 0.2) is 0 Å². The normalized spacial score (nSPS) is 11.7. The van der Waals surface area contributed by atoms with Gasteiger partial charge in [-0.25, -0.2) is 4.68 Å². The van der Waals surface area contributed by atoms with Crippen molar-refractivity contribution in [2.75, 3.05) is 5.73 Å². The molecule has 17 heavy (non-hydrogen) atoms. The van der Waals surface area contributed by atoms with E-state index in [-0.39, 0.29) is 11.0 Å². The molecule has 0 aliphatic rings. The number of pyridine rings is 1. The maximum atomic E-state index is 11.2. The highest BCUT2D eigenvalue weighted by molar-refractivity contribution is 5.43. The van der Waals surface area contributed by atoms with Gasteiger partial charge in [-0.3, -0.25) is 4.79 Å². The summed E-state index contributed by atoms with van der Waals surface area (Å²) in [6.45, 7) is 6.20. The molecular formula is C12H16N4O. The van der Waals surface area contributed by atoms with Crippen LogP contribution in [0.25, 0.3) is 5.69 Å². The molecule has 0 spiro atoms. The predicted molar refractivity (Wildman–Crippen MR) is 67.3 cm³/mol. The van der Waals surface area contributed by atoms with Gasteiger partial charge in [0.1, 0.15) is 5.82 Å². The van der Waals surface area contributed by atoms with Crippen LogP contribution in [0.2, 0.25) is 0 Å². The Morgan fingerprint density at radius 3 is 2.59 bits per heavy atom. The van der Waals surface area contributed by atoms with Crippen molar-refractivity contribution in [3.05, 3.63) is 40.4 Å². The van der Waals surface area contributed by atoms with Gasteiger partial charge in [0.2, 0.25) is 5.56 Å². The lowest BCUT2D eigenvalue weighted by molar-refractivity contribution is 0.560. The van der Waals surface area contributed by atoms with E-state index in [0.717, 1.165) is 5.69 Å². The van der Waals surface area contributed by atoms with Gasteiger partial charge in [0.05, 0.1) is 11.4 Å². The predicted octanol–water partition coefficient (Wildman–Crippen LogP) is 1.44. The highest BCUT2D eigenvalue weighted by Gasteiger charge is 2.19. The SMILES string of the molecule is CC(C)(C)c1cc(N)n(-c2cc[nH]c(=O)c2)n1. The van der Waals surface area contributed by atoms with Crippen LogP contribution in [0.5, 0.6) is 0 Å².